The van der Waals surface area contributed by atoms with E-state index >= 15 is 0 Å². The highest BCUT2D eigenvalue weighted by Crippen LogP contribution is 2.07. The lowest BCUT2D eigenvalue weighted by Gasteiger charge is -2.20. The fraction of sp³-hybridized carbons (Fsp3) is 0.818. The van der Waals surface area contributed by atoms with E-state index in [1.165, 1.54) is 0 Å². The van der Waals surface area contributed by atoms with Crippen molar-refractivity contribution in [2.24, 2.45) is 0 Å². The van der Waals surface area contributed by atoms with Crippen LogP contribution >= 0.6 is 0 Å². The van der Waals surface area contributed by atoms with E-state index in [0.717, 1.165) is 6.42 Å². The number of aliphatic hydroxyl groups is 4. The normalized spacial score (nSPS) is 23.7. The first-order valence-corrected chi connectivity index (χ1v) is 6.05. The first-order valence-electron chi connectivity index (χ1n) is 6.05. The second kappa shape index (κ2) is 7.51. The molecule has 5 N–H and O–H groups in total. The van der Waals surface area contributed by atoms with Gasteiger partial charge in [0.1, 0.15) is 24.4 Å². The smallest absolute Gasteiger partial charge is 0.323 e. The van der Waals surface area contributed by atoms with Crippen molar-refractivity contribution in [3.63, 3.8) is 0 Å². The maximum Gasteiger partial charge on any atom is 0.323 e. The van der Waals surface area contributed by atoms with Gasteiger partial charge in [0.15, 0.2) is 6.61 Å². The van der Waals surface area contributed by atoms with Gasteiger partial charge in [0.2, 0.25) is 5.78 Å². The highest BCUT2D eigenvalue weighted by Gasteiger charge is 2.31. The van der Waals surface area contributed by atoms with Gasteiger partial charge in [0.05, 0.1) is 6.61 Å². The van der Waals surface area contributed by atoms with E-state index in [1.807, 2.05) is 0 Å². The molecule has 19 heavy (non-hydrogen) atoms. The molecule has 4 atom stereocenters. The topological polar surface area (TPSA) is 136 Å². The minimum Gasteiger partial charge on any atom is -0.456 e. The Morgan fingerprint density at radius 2 is 2.00 bits per heavy atom. The van der Waals surface area contributed by atoms with Crippen molar-refractivity contribution in [2.45, 2.75) is 37.2 Å². The molecule has 8 heteroatoms. The molecule has 0 bridgehead atoms. The molecule has 0 spiro atoms. The molecule has 0 unspecified atom stereocenters. The Bertz CT molecular complexity index is 316. The van der Waals surface area contributed by atoms with Crippen LogP contribution in [0.4, 0.5) is 0 Å². The van der Waals surface area contributed by atoms with E-state index in [-0.39, 0.29) is 0 Å². The van der Waals surface area contributed by atoms with Gasteiger partial charge in [-0.2, -0.15) is 0 Å². The van der Waals surface area contributed by atoms with E-state index in [4.69, 9.17) is 14.9 Å². The van der Waals surface area contributed by atoms with Crippen molar-refractivity contribution in [1.29, 1.82) is 0 Å². The van der Waals surface area contributed by atoms with E-state index in [0.29, 0.717) is 13.0 Å². The van der Waals surface area contributed by atoms with Crippen molar-refractivity contribution in [3.05, 3.63) is 0 Å². The molecule has 1 aliphatic heterocycles. The summed E-state index contributed by atoms with van der Waals surface area (Å²) in [5.74, 6) is -1.53. The quantitative estimate of drug-likeness (QED) is 0.309. The Morgan fingerprint density at radius 1 is 1.32 bits per heavy atom. The SMILES string of the molecule is O=C(OCC(=O)[C@@H](O)[C@H](O)[C@H](O)CO)[C@@H]1CCCN1. The van der Waals surface area contributed by atoms with E-state index in [9.17, 15) is 19.8 Å². The first kappa shape index (κ1) is 16.0. The largest absolute Gasteiger partial charge is 0.456 e. The van der Waals surface area contributed by atoms with E-state index < -0.39 is 49.3 Å². The molecule has 0 aromatic rings. The number of ether oxygens (including phenoxy) is 1. The van der Waals surface area contributed by atoms with Gasteiger partial charge in [-0.3, -0.25) is 9.59 Å². The summed E-state index contributed by atoms with van der Waals surface area (Å²) in [5.41, 5.74) is 0. The monoisotopic (exact) mass is 277 g/mol. The summed E-state index contributed by atoms with van der Waals surface area (Å²) in [5, 5.41) is 39.2. The molecule has 1 aliphatic rings. The average Bonchev–Trinajstić information content (AvgIpc) is 2.95. The van der Waals surface area contributed by atoms with Crippen LogP contribution in [0.15, 0.2) is 0 Å². The van der Waals surface area contributed by atoms with Crippen molar-refractivity contribution >= 4 is 11.8 Å². The predicted molar refractivity (Wildman–Crippen MR) is 62.1 cm³/mol. The zero-order chi connectivity index (χ0) is 14.4. The van der Waals surface area contributed by atoms with Gasteiger partial charge in [0, 0.05) is 0 Å². The number of rotatable bonds is 7. The van der Waals surface area contributed by atoms with Crippen LogP contribution in [-0.2, 0) is 14.3 Å². The second-order valence-corrected chi connectivity index (χ2v) is 4.41. The molecule has 0 radical (unpaired) electrons. The fourth-order valence-electron chi connectivity index (χ4n) is 1.72. The average molecular weight is 277 g/mol. The highest BCUT2D eigenvalue weighted by molar-refractivity contribution is 5.87. The van der Waals surface area contributed by atoms with Crippen LogP contribution < -0.4 is 5.32 Å². The molecule has 110 valence electrons. The summed E-state index contributed by atoms with van der Waals surface area (Å²) in [6, 6.07) is -0.446. The summed E-state index contributed by atoms with van der Waals surface area (Å²) in [7, 11) is 0. The molecule has 1 heterocycles. The molecular weight excluding hydrogens is 258 g/mol. The molecule has 8 nitrogen and oxygen atoms in total. The molecule has 1 fully saturated rings. The van der Waals surface area contributed by atoms with Crippen molar-refractivity contribution in [3.8, 4) is 0 Å². The Morgan fingerprint density at radius 3 is 2.53 bits per heavy atom. The standard InChI is InChI=1S/C11H19NO7/c13-4-7(14)9(16)10(17)8(15)5-19-11(18)6-2-1-3-12-6/h6-7,9-10,12-14,16-17H,1-5H2/t6-,7+,9+,10+/m0/s1. The Kier molecular flexibility index (Phi) is 6.32. The lowest BCUT2D eigenvalue weighted by atomic mass is 10.1. The molecule has 0 amide bonds. The van der Waals surface area contributed by atoms with E-state index in [1.54, 1.807) is 0 Å². The van der Waals surface area contributed by atoms with Crippen LogP contribution in [0, 0.1) is 0 Å². The van der Waals surface area contributed by atoms with Crippen LogP contribution in [0.2, 0.25) is 0 Å². The maximum atomic E-state index is 11.5. The number of hydrogen-bond donors (Lipinski definition) is 5. The summed E-state index contributed by atoms with van der Waals surface area (Å²) in [4.78, 5) is 22.9. The third kappa shape index (κ3) is 4.51. The molecule has 0 aromatic carbocycles. The van der Waals surface area contributed by atoms with Gasteiger partial charge in [-0.15, -0.1) is 0 Å². The Balaban J connectivity index is 2.35. The molecule has 0 saturated carbocycles. The number of esters is 1. The van der Waals surface area contributed by atoms with E-state index in [2.05, 4.69) is 5.32 Å². The predicted octanol–water partition coefficient (Wildman–Crippen LogP) is -3.07. The van der Waals surface area contributed by atoms with Crippen LogP contribution in [0.1, 0.15) is 12.8 Å². The van der Waals surface area contributed by atoms with Crippen LogP contribution in [-0.4, -0.2) is 76.3 Å². The lowest BCUT2D eigenvalue weighted by Crippen LogP contribution is -2.45. The minimum absolute atomic E-state index is 0.446. The summed E-state index contributed by atoms with van der Waals surface area (Å²) in [6.07, 6.45) is -3.89. The zero-order valence-corrected chi connectivity index (χ0v) is 10.4. The first-order chi connectivity index (χ1) is 8.97. The van der Waals surface area contributed by atoms with Crippen LogP contribution in [0.5, 0.6) is 0 Å². The van der Waals surface area contributed by atoms with Gasteiger partial charge in [-0.25, -0.2) is 0 Å². The van der Waals surface area contributed by atoms with Gasteiger partial charge in [0.25, 0.3) is 0 Å². The summed E-state index contributed by atoms with van der Waals surface area (Å²) in [6.45, 7) is -0.775. The molecular formula is C11H19NO7. The number of aliphatic hydroxyl groups excluding tert-OH is 4. The van der Waals surface area contributed by atoms with Crippen molar-refractivity contribution in [2.75, 3.05) is 19.8 Å². The highest BCUT2D eigenvalue weighted by atomic mass is 16.5. The van der Waals surface area contributed by atoms with Gasteiger partial charge in [-0.1, -0.05) is 0 Å². The number of hydrogen-bond acceptors (Lipinski definition) is 8. The summed E-state index contributed by atoms with van der Waals surface area (Å²) < 4.78 is 4.71. The number of carbonyl (C=O) groups is 2. The van der Waals surface area contributed by atoms with Crippen molar-refractivity contribution in [1.82, 2.24) is 5.32 Å². The van der Waals surface area contributed by atoms with Crippen LogP contribution in [0.25, 0.3) is 0 Å². The number of Topliss-reactive ketones (excluding diaryl/α,β-unsaturated/α-hetero) is 1. The summed E-state index contributed by atoms with van der Waals surface area (Å²) >= 11 is 0. The molecule has 0 aromatic heterocycles. The van der Waals surface area contributed by atoms with Gasteiger partial charge < -0.3 is 30.5 Å². The third-order valence-electron chi connectivity index (χ3n) is 2.94. The molecule has 1 rings (SSSR count). The Labute approximate surface area is 110 Å². The van der Waals surface area contributed by atoms with Crippen molar-refractivity contribution < 1.29 is 34.8 Å². The number of carbonyl (C=O) groups excluding carboxylic acids is 2. The lowest BCUT2D eigenvalue weighted by molar-refractivity contribution is -0.156. The number of nitrogens with one attached hydrogen (secondary N) is 1. The van der Waals surface area contributed by atoms with Gasteiger partial charge in [-0.05, 0) is 19.4 Å². The second-order valence-electron chi connectivity index (χ2n) is 4.41. The molecule has 0 aliphatic carbocycles. The maximum absolute atomic E-state index is 11.5. The minimum atomic E-state index is -1.91. The fourth-order valence-corrected chi connectivity index (χ4v) is 1.72. The zero-order valence-electron chi connectivity index (χ0n) is 10.4. The van der Waals surface area contributed by atoms with Crippen LogP contribution in [0.3, 0.4) is 0 Å². The molecule has 1 saturated heterocycles. The number of ketones is 1. The third-order valence-corrected chi connectivity index (χ3v) is 2.94. The van der Waals surface area contributed by atoms with Gasteiger partial charge >= 0.3 is 5.97 Å². The Hall–Kier alpha value is -1.06.